The largest absolute Gasteiger partial charge is 0.344 e. The molecular weight excluding hydrogens is 468 g/mol. The molecular formula is C29H32N4O2S. The van der Waals surface area contributed by atoms with Crippen LogP contribution in [0.1, 0.15) is 24.1 Å². The lowest BCUT2D eigenvalue weighted by molar-refractivity contribution is 0.0685. The molecule has 3 aliphatic heterocycles. The van der Waals surface area contributed by atoms with Crippen LogP contribution in [0.5, 0.6) is 0 Å². The topological polar surface area (TPSA) is 67.2 Å². The monoisotopic (exact) mass is 500 g/mol. The summed E-state index contributed by atoms with van der Waals surface area (Å²) in [5.74, 6) is 0. The summed E-state index contributed by atoms with van der Waals surface area (Å²) in [5.41, 5.74) is 7.54. The van der Waals surface area contributed by atoms with Gasteiger partial charge in [0.05, 0.1) is 16.1 Å². The zero-order valence-corrected chi connectivity index (χ0v) is 21.8. The number of aromatic nitrogens is 2. The van der Waals surface area contributed by atoms with Crippen LogP contribution in [0.4, 0.5) is 0 Å². The maximum Gasteiger partial charge on any atom is 0.175 e. The SMILES string of the molecule is Cc1nc(-c2ccc(CN3C[C@H]4CC[C@@H]3CN4)cc2)cc2c1cc(-c1ccc(S(C)(=O)=O)cc1)n2C. The lowest BCUT2D eigenvalue weighted by Gasteiger charge is -2.46. The molecule has 36 heavy (non-hydrogen) atoms. The highest BCUT2D eigenvalue weighted by Gasteiger charge is 2.33. The molecule has 0 amide bonds. The first kappa shape index (κ1) is 23.4. The molecule has 186 valence electrons. The Hall–Kier alpha value is -3.00. The van der Waals surface area contributed by atoms with E-state index in [0.29, 0.717) is 17.0 Å². The van der Waals surface area contributed by atoms with Crippen molar-refractivity contribution < 1.29 is 8.42 Å². The standard InChI is InChI=1S/C29H32N4O2S/c1-19-26-14-28(22-8-12-25(13-9-22)36(3,34)35)32(2)29(26)15-27(31-19)21-6-4-20(5-7-21)17-33-18-23-10-11-24(33)16-30-23/h4-9,12-15,23-24,30H,10-11,16-18H2,1-3H3/t23-,24-/m1/s1. The van der Waals surface area contributed by atoms with Gasteiger partial charge in [-0.15, -0.1) is 0 Å². The second-order valence-corrected chi connectivity index (χ2v) is 12.4. The molecule has 0 spiro atoms. The Bertz CT molecular complexity index is 1530. The van der Waals surface area contributed by atoms with Crippen LogP contribution in [0, 0.1) is 6.92 Å². The molecule has 2 aromatic carbocycles. The molecule has 0 unspecified atom stereocenters. The Morgan fingerprint density at radius 1 is 1.00 bits per heavy atom. The fourth-order valence-corrected chi connectivity index (χ4v) is 6.42. The maximum absolute atomic E-state index is 11.8. The number of hydrogen-bond acceptors (Lipinski definition) is 5. The zero-order valence-electron chi connectivity index (χ0n) is 21.0. The third kappa shape index (κ3) is 4.25. The quantitative estimate of drug-likeness (QED) is 0.435. The number of fused-ring (bicyclic) bond motifs is 4. The minimum Gasteiger partial charge on any atom is -0.344 e. The summed E-state index contributed by atoms with van der Waals surface area (Å²) in [5, 5.41) is 4.74. The minimum absolute atomic E-state index is 0.332. The third-order valence-corrected chi connectivity index (χ3v) is 9.03. The van der Waals surface area contributed by atoms with E-state index in [4.69, 9.17) is 4.98 Å². The Balaban J connectivity index is 1.28. The normalized spacial score (nSPS) is 20.3. The van der Waals surface area contributed by atoms with Gasteiger partial charge in [0.1, 0.15) is 0 Å². The number of hydrogen-bond donors (Lipinski definition) is 1. The van der Waals surface area contributed by atoms with Gasteiger partial charge in [0.15, 0.2) is 9.84 Å². The second-order valence-electron chi connectivity index (χ2n) is 10.4. The first-order valence-corrected chi connectivity index (χ1v) is 14.5. The number of aryl methyl sites for hydroxylation is 2. The van der Waals surface area contributed by atoms with Gasteiger partial charge in [0, 0.05) is 67.4 Å². The summed E-state index contributed by atoms with van der Waals surface area (Å²) in [6.07, 6.45) is 3.84. The number of benzene rings is 2. The number of piperidine rings is 2. The second kappa shape index (κ2) is 8.83. The van der Waals surface area contributed by atoms with Crippen molar-refractivity contribution in [1.82, 2.24) is 19.8 Å². The smallest absolute Gasteiger partial charge is 0.175 e. The van der Waals surface area contributed by atoms with Crippen molar-refractivity contribution in [3.63, 3.8) is 0 Å². The van der Waals surface area contributed by atoms with Crippen molar-refractivity contribution in [3.05, 3.63) is 71.9 Å². The van der Waals surface area contributed by atoms with E-state index >= 15 is 0 Å². The van der Waals surface area contributed by atoms with Gasteiger partial charge in [-0.1, -0.05) is 36.4 Å². The van der Waals surface area contributed by atoms with Gasteiger partial charge >= 0.3 is 0 Å². The van der Waals surface area contributed by atoms with Crippen molar-refractivity contribution >= 4 is 20.7 Å². The summed E-state index contributed by atoms with van der Waals surface area (Å²) in [7, 11) is -1.16. The Kier molecular flexibility index (Phi) is 5.74. The predicted octanol–water partition coefficient (Wildman–Crippen LogP) is 4.56. The molecule has 2 bridgehead atoms. The van der Waals surface area contributed by atoms with Crippen molar-refractivity contribution in [3.8, 4) is 22.5 Å². The number of piperazine rings is 1. The molecule has 7 rings (SSSR count). The molecule has 0 aliphatic carbocycles. The highest BCUT2D eigenvalue weighted by molar-refractivity contribution is 7.90. The number of nitrogens with one attached hydrogen (secondary N) is 1. The number of rotatable bonds is 5. The van der Waals surface area contributed by atoms with Crippen LogP contribution in [0.15, 0.2) is 65.6 Å². The molecule has 1 N–H and O–H groups in total. The van der Waals surface area contributed by atoms with E-state index in [9.17, 15) is 8.42 Å². The summed E-state index contributed by atoms with van der Waals surface area (Å²) >= 11 is 0. The summed E-state index contributed by atoms with van der Waals surface area (Å²) < 4.78 is 25.8. The third-order valence-electron chi connectivity index (χ3n) is 7.91. The van der Waals surface area contributed by atoms with E-state index in [1.54, 1.807) is 12.1 Å². The van der Waals surface area contributed by atoms with Gasteiger partial charge in [-0.3, -0.25) is 9.88 Å². The maximum atomic E-state index is 11.8. The highest BCUT2D eigenvalue weighted by atomic mass is 32.2. The van der Waals surface area contributed by atoms with Gasteiger partial charge in [-0.25, -0.2) is 8.42 Å². The first-order chi connectivity index (χ1) is 17.3. The highest BCUT2D eigenvalue weighted by Crippen LogP contribution is 2.32. The molecule has 5 heterocycles. The number of nitrogens with zero attached hydrogens (tertiary/aromatic N) is 3. The van der Waals surface area contributed by atoms with Crippen LogP contribution in [0.25, 0.3) is 33.4 Å². The van der Waals surface area contributed by atoms with Crippen molar-refractivity contribution in [1.29, 1.82) is 0 Å². The average molecular weight is 501 g/mol. The lowest BCUT2D eigenvalue weighted by Crippen LogP contribution is -2.60. The summed E-state index contributed by atoms with van der Waals surface area (Å²) in [4.78, 5) is 7.89. The van der Waals surface area contributed by atoms with Gasteiger partial charge in [0.2, 0.25) is 0 Å². The van der Waals surface area contributed by atoms with Gasteiger partial charge in [0.25, 0.3) is 0 Å². The van der Waals surface area contributed by atoms with Crippen LogP contribution < -0.4 is 5.32 Å². The van der Waals surface area contributed by atoms with Crippen molar-refractivity contribution in [2.45, 2.75) is 43.3 Å². The molecule has 0 saturated carbocycles. The summed E-state index contributed by atoms with van der Waals surface area (Å²) in [6.45, 7) is 5.33. The fraction of sp³-hybridized carbons (Fsp3) is 0.345. The number of sulfone groups is 1. The van der Waals surface area contributed by atoms with Crippen LogP contribution >= 0.6 is 0 Å². The molecule has 0 radical (unpaired) electrons. The average Bonchev–Trinajstić information content (AvgIpc) is 3.22. The van der Waals surface area contributed by atoms with E-state index in [2.05, 4.69) is 65.2 Å². The molecule has 3 aliphatic rings. The van der Waals surface area contributed by atoms with E-state index in [0.717, 1.165) is 58.7 Å². The van der Waals surface area contributed by atoms with E-state index < -0.39 is 9.84 Å². The predicted molar refractivity (Wildman–Crippen MR) is 145 cm³/mol. The van der Waals surface area contributed by atoms with Crippen molar-refractivity contribution in [2.24, 2.45) is 7.05 Å². The zero-order chi connectivity index (χ0) is 25.0. The molecule has 2 aromatic heterocycles. The van der Waals surface area contributed by atoms with E-state index in [1.807, 2.05) is 12.1 Å². The Morgan fingerprint density at radius 3 is 2.33 bits per heavy atom. The molecule has 6 nitrogen and oxygen atoms in total. The Morgan fingerprint density at radius 2 is 1.72 bits per heavy atom. The van der Waals surface area contributed by atoms with E-state index in [1.165, 1.54) is 24.7 Å². The van der Waals surface area contributed by atoms with Gasteiger partial charge in [-0.05, 0) is 55.2 Å². The molecule has 7 heteroatoms. The minimum atomic E-state index is -3.22. The lowest BCUT2D eigenvalue weighted by atomic mass is 9.92. The van der Waals surface area contributed by atoms with Gasteiger partial charge in [-0.2, -0.15) is 0 Å². The molecule has 3 saturated heterocycles. The Labute approximate surface area is 212 Å². The van der Waals surface area contributed by atoms with Crippen molar-refractivity contribution in [2.75, 3.05) is 19.3 Å². The van der Waals surface area contributed by atoms with Crippen LogP contribution in [0.3, 0.4) is 0 Å². The summed E-state index contributed by atoms with van der Waals surface area (Å²) in [6, 6.07) is 21.6. The number of pyridine rings is 1. The first-order valence-electron chi connectivity index (χ1n) is 12.6. The van der Waals surface area contributed by atoms with E-state index in [-0.39, 0.29) is 0 Å². The molecule has 3 fully saturated rings. The fourth-order valence-electron chi connectivity index (χ4n) is 5.79. The molecule has 4 aromatic rings. The van der Waals surface area contributed by atoms with Crippen LogP contribution in [-0.2, 0) is 23.4 Å². The van der Waals surface area contributed by atoms with Crippen LogP contribution in [-0.4, -0.2) is 54.3 Å². The van der Waals surface area contributed by atoms with Crippen LogP contribution in [0.2, 0.25) is 0 Å². The molecule has 2 atom stereocenters. The van der Waals surface area contributed by atoms with Gasteiger partial charge < -0.3 is 9.88 Å².